The van der Waals surface area contributed by atoms with Gasteiger partial charge in [-0.2, -0.15) is 0 Å². The van der Waals surface area contributed by atoms with E-state index in [2.05, 4.69) is 4.98 Å². The minimum atomic E-state index is -0.721. The van der Waals surface area contributed by atoms with Crippen LogP contribution in [-0.4, -0.2) is 21.8 Å². The molecule has 4 nitrogen and oxygen atoms in total. The zero-order valence-electron chi connectivity index (χ0n) is 9.96. The lowest BCUT2D eigenvalue weighted by Crippen LogP contribution is -1.93. The van der Waals surface area contributed by atoms with Crippen molar-refractivity contribution in [2.75, 3.05) is 5.75 Å². The highest BCUT2D eigenvalue weighted by molar-refractivity contribution is 7.99. The van der Waals surface area contributed by atoms with Gasteiger partial charge in [0.05, 0.1) is 0 Å². The number of hydrogen-bond donors (Lipinski definition) is 1. The van der Waals surface area contributed by atoms with Gasteiger partial charge in [-0.1, -0.05) is 30.3 Å². The molecule has 0 unspecified atom stereocenters. The molecule has 1 aromatic carbocycles. The van der Waals surface area contributed by atoms with Crippen molar-refractivity contribution >= 4 is 28.8 Å². The first-order chi connectivity index (χ1) is 8.75. The smallest absolute Gasteiger partial charge is 0.303 e. The third kappa shape index (κ3) is 3.77. The highest BCUT2D eigenvalue weighted by Crippen LogP contribution is 2.24. The van der Waals surface area contributed by atoms with Crippen molar-refractivity contribution in [1.29, 1.82) is 0 Å². The number of oxazole rings is 1. The third-order valence-electron chi connectivity index (χ3n) is 2.53. The number of aromatic nitrogens is 1. The number of unbranched alkanes of at least 4 members (excludes halogenated alkanes) is 2. The molecule has 2 rings (SSSR count). The lowest BCUT2D eigenvalue weighted by molar-refractivity contribution is -0.137. The number of nitrogens with zero attached hydrogens (tertiary/aromatic N) is 1. The molecule has 0 aliphatic rings. The van der Waals surface area contributed by atoms with Gasteiger partial charge in [0.15, 0.2) is 5.58 Å². The molecular weight excluding hydrogens is 250 g/mol. The Morgan fingerprint density at radius 1 is 1.28 bits per heavy atom. The van der Waals surface area contributed by atoms with Crippen LogP contribution in [-0.2, 0) is 4.79 Å². The van der Waals surface area contributed by atoms with Crippen LogP contribution in [0.25, 0.3) is 11.1 Å². The molecular formula is C13H15NO3S. The average Bonchev–Trinajstić information content (AvgIpc) is 2.75. The van der Waals surface area contributed by atoms with Crippen molar-refractivity contribution < 1.29 is 14.3 Å². The largest absolute Gasteiger partial charge is 0.481 e. The number of benzene rings is 1. The van der Waals surface area contributed by atoms with Crippen LogP contribution in [0.5, 0.6) is 0 Å². The van der Waals surface area contributed by atoms with Crippen molar-refractivity contribution in [3.8, 4) is 0 Å². The summed E-state index contributed by atoms with van der Waals surface area (Å²) in [5.41, 5.74) is 1.69. The van der Waals surface area contributed by atoms with Crippen LogP contribution in [0.2, 0.25) is 0 Å². The van der Waals surface area contributed by atoms with E-state index in [1.165, 1.54) is 0 Å². The number of carboxylic acid groups (broad SMARTS) is 1. The number of carbonyl (C=O) groups is 1. The quantitative estimate of drug-likeness (QED) is 0.612. The van der Waals surface area contributed by atoms with Crippen molar-refractivity contribution in [3.05, 3.63) is 24.3 Å². The Balaban J connectivity index is 1.72. The second kappa shape index (κ2) is 6.44. The van der Waals surface area contributed by atoms with Crippen LogP contribution in [0.3, 0.4) is 0 Å². The van der Waals surface area contributed by atoms with Gasteiger partial charge in [-0.3, -0.25) is 4.79 Å². The maximum absolute atomic E-state index is 10.3. The summed E-state index contributed by atoms with van der Waals surface area (Å²) in [5.74, 6) is 0.188. The van der Waals surface area contributed by atoms with Crippen LogP contribution in [0.1, 0.15) is 25.7 Å². The van der Waals surface area contributed by atoms with Gasteiger partial charge in [-0.25, -0.2) is 4.98 Å². The summed E-state index contributed by atoms with van der Waals surface area (Å²) in [4.78, 5) is 14.7. The minimum Gasteiger partial charge on any atom is -0.481 e. The van der Waals surface area contributed by atoms with Gasteiger partial charge in [-0.05, 0) is 25.0 Å². The number of para-hydroxylation sites is 2. The lowest BCUT2D eigenvalue weighted by atomic mass is 10.2. The van der Waals surface area contributed by atoms with E-state index >= 15 is 0 Å². The monoisotopic (exact) mass is 265 g/mol. The predicted molar refractivity (Wildman–Crippen MR) is 70.8 cm³/mol. The molecule has 1 N–H and O–H groups in total. The fraction of sp³-hybridized carbons (Fsp3) is 0.385. The van der Waals surface area contributed by atoms with Crippen LogP contribution in [0, 0.1) is 0 Å². The fourth-order valence-corrected chi connectivity index (χ4v) is 2.46. The first kappa shape index (κ1) is 13.0. The second-order valence-electron chi connectivity index (χ2n) is 4.00. The van der Waals surface area contributed by atoms with Crippen molar-refractivity contribution in [1.82, 2.24) is 4.98 Å². The van der Waals surface area contributed by atoms with Crippen molar-refractivity contribution in [3.63, 3.8) is 0 Å². The Morgan fingerprint density at radius 2 is 2.11 bits per heavy atom. The van der Waals surface area contributed by atoms with Gasteiger partial charge >= 0.3 is 5.97 Å². The number of thioether (sulfide) groups is 1. The van der Waals surface area contributed by atoms with E-state index in [0.717, 1.165) is 36.1 Å². The Morgan fingerprint density at radius 3 is 2.89 bits per heavy atom. The molecule has 0 saturated heterocycles. The lowest BCUT2D eigenvalue weighted by Gasteiger charge is -1.97. The molecule has 0 aliphatic heterocycles. The number of fused-ring (bicyclic) bond motifs is 1. The predicted octanol–water partition coefficient (Wildman–Crippen LogP) is 3.56. The molecule has 0 amide bonds. The molecule has 5 heteroatoms. The Labute approximate surface area is 109 Å². The summed E-state index contributed by atoms with van der Waals surface area (Å²) in [6.07, 6.45) is 2.91. The van der Waals surface area contributed by atoms with Crippen LogP contribution < -0.4 is 0 Å². The van der Waals surface area contributed by atoms with Gasteiger partial charge in [-0.15, -0.1) is 0 Å². The van der Waals surface area contributed by atoms with Gasteiger partial charge in [0.2, 0.25) is 0 Å². The van der Waals surface area contributed by atoms with Gasteiger partial charge in [0.25, 0.3) is 5.22 Å². The molecule has 0 bridgehead atoms. The van der Waals surface area contributed by atoms with Crippen LogP contribution in [0.4, 0.5) is 0 Å². The number of aliphatic carboxylic acids is 1. The van der Waals surface area contributed by atoms with Crippen LogP contribution in [0.15, 0.2) is 33.9 Å². The second-order valence-corrected chi connectivity index (χ2v) is 5.05. The number of rotatable bonds is 7. The van der Waals surface area contributed by atoms with E-state index in [1.807, 2.05) is 24.3 Å². The third-order valence-corrected chi connectivity index (χ3v) is 3.45. The highest BCUT2D eigenvalue weighted by atomic mass is 32.2. The minimum absolute atomic E-state index is 0.257. The molecule has 0 spiro atoms. The molecule has 0 saturated carbocycles. The topological polar surface area (TPSA) is 63.3 Å². The molecule has 0 aliphatic carbocycles. The normalized spacial score (nSPS) is 10.9. The Hall–Kier alpha value is -1.49. The molecule has 18 heavy (non-hydrogen) atoms. The fourth-order valence-electron chi connectivity index (χ4n) is 1.63. The van der Waals surface area contributed by atoms with E-state index in [0.29, 0.717) is 5.22 Å². The van der Waals surface area contributed by atoms with E-state index in [9.17, 15) is 4.79 Å². The van der Waals surface area contributed by atoms with Crippen molar-refractivity contribution in [2.45, 2.75) is 30.9 Å². The van der Waals surface area contributed by atoms with Crippen molar-refractivity contribution in [2.24, 2.45) is 0 Å². The molecule has 0 atom stereocenters. The summed E-state index contributed by atoms with van der Waals surface area (Å²) in [6, 6.07) is 7.69. The maximum atomic E-state index is 10.3. The van der Waals surface area contributed by atoms with E-state index in [1.54, 1.807) is 11.8 Å². The van der Waals surface area contributed by atoms with Gasteiger partial charge in [0.1, 0.15) is 5.52 Å². The Kier molecular flexibility index (Phi) is 4.64. The highest BCUT2D eigenvalue weighted by Gasteiger charge is 2.05. The molecule has 0 radical (unpaired) electrons. The van der Waals surface area contributed by atoms with Crippen LogP contribution >= 0.6 is 11.8 Å². The summed E-state index contributed by atoms with van der Waals surface area (Å²) in [5, 5.41) is 9.19. The summed E-state index contributed by atoms with van der Waals surface area (Å²) >= 11 is 1.58. The average molecular weight is 265 g/mol. The first-order valence-electron chi connectivity index (χ1n) is 5.96. The first-order valence-corrected chi connectivity index (χ1v) is 6.94. The van der Waals surface area contributed by atoms with Gasteiger partial charge in [0, 0.05) is 12.2 Å². The Bertz CT molecular complexity index is 491. The van der Waals surface area contributed by atoms with E-state index in [4.69, 9.17) is 9.52 Å². The van der Waals surface area contributed by atoms with Gasteiger partial charge < -0.3 is 9.52 Å². The molecule has 1 aromatic heterocycles. The SMILES string of the molecule is O=C(O)CCCCCSc1nc2ccccc2o1. The summed E-state index contributed by atoms with van der Waals surface area (Å²) in [6.45, 7) is 0. The zero-order valence-corrected chi connectivity index (χ0v) is 10.8. The number of hydrogen-bond acceptors (Lipinski definition) is 4. The van der Waals surface area contributed by atoms with E-state index in [-0.39, 0.29) is 6.42 Å². The summed E-state index contributed by atoms with van der Waals surface area (Å²) < 4.78 is 5.57. The van der Waals surface area contributed by atoms with E-state index < -0.39 is 5.97 Å². The number of carboxylic acids is 1. The molecule has 0 fully saturated rings. The maximum Gasteiger partial charge on any atom is 0.303 e. The molecule has 2 aromatic rings. The molecule has 1 heterocycles. The standard InChI is InChI=1S/C13H15NO3S/c15-12(16)8-2-1-5-9-18-13-14-10-6-3-4-7-11(10)17-13/h3-4,6-7H,1-2,5,8-9H2,(H,15,16). The summed E-state index contributed by atoms with van der Waals surface area (Å²) in [7, 11) is 0. The zero-order chi connectivity index (χ0) is 12.8. The molecule has 96 valence electrons.